The molecule has 1 rings (SSSR count). The van der Waals surface area contributed by atoms with E-state index < -0.39 is 0 Å². The van der Waals surface area contributed by atoms with Crippen molar-refractivity contribution < 1.29 is 9.15 Å². The summed E-state index contributed by atoms with van der Waals surface area (Å²) in [6, 6.07) is 0. The van der Waals surface area contributed by atoms with E-state index in [0.29, 0.717) is 11.8 Å². The van der Waals surface area contributed by atoms with Gasteiger partial charge in [-0.1, -0.05) is 0 Å². The number of hydrogen-bond acceptors (Lipinski definition) is 5. The number of hydrogen-bond donors (Lipinski definition) is 1. The molecule has 0 amide bonds. The lowest BCUT2D eigenvalue weighted by atomic mass is 10.2. The molecule has 1 heterocycles. The monoisotopic (exact) mass is 213 g/mol. The molecule has 0 radical (unpaired) electrons. The van der Waals surface area contributed by atoms with Crippen molar-refractivity contribution >= 4 is 0 Å². The molecule has 0 saturated heterocycles. The van der Waals surface area contributed by atoms with E-state index in [1.54, 1.807) is 7.11 Å². The Hall–Kier alpha value is -0.940. The average Bonchev–Trinajstić information content (AvgIpc) is 2.71. The van der Waals surface area contributed by atoms with Crippen LogP contribution in [0.3, 0.4) is 0 Å². The van der Waals surface area contributed by atoms with Crippen molar-refractivity contribution in [1.82, 2.24) is 15.5 Å². The van der Waals surface area contributed by atoms with Crippen LogP contribution in [0.5, 0.6) is 0 Å². The Morgan fingerprint density at radius 3 is 2.60 bits per heavy atom. The SMILES string of the molecule is CNCCc1nnc(CCC(C)OC)o1. The number of nitrogens with one attached hydrogen (secondary N) is 1. The highest BCUT2D eigenvalue weighted by Gasteiger charge is 2.07. The van der Waals surface area contributed by atoms with Gasteiger partial charge in [0, 0.05) is 26.5 Å². The van der Waals surface area contributed by atoms with E-state index in [2.05, 4.69) is 15.5 Å². The molecule has 0 spiro atoms. The van der Waals surface area contributed by atoms with Gasteiger partial charge in [0.1, 0.15) is 0 Å². The Labute approximate surface area is 90.2 Å². The molecule has 5 heteroatoms. The van der Waals surface area contributed by atoms with Gasteiger partial charge in [0.15, 0.2) is 0 Å². The highest BCUT2D eigenvalue weighted by Crippen LogP contribution is 2.06. The summed E-state index contributed by atoms with van der Waals surface area (Å²) < 4.78 is 10.6. The molecule has 0 fully saturated rings. The van der Waals surface area contributed by atoms with E-state index in [0.717, 1.165) is 25.8 Å². The highest BCUT2D eigenvalue weighted by molar-refractivity contribution is 4.83. The van der Waals surface area contributed by atoms with E-state index >= 15 is 0 Å². The molecular weight excluding hydrogens is 194 g/mol. The van der Waals surface area contributed by atoms with Gasteiger partial charge in [0.2, 0.25) is 11.8 Å². The number of methoxy groups -OCH3 is 1. The predicted molar refractivity (Wildman–Crippen MR) is 56.7 cm³/mol. The third kappa shape index (κ3) is 4.40. The number of aromatic nitrogens is 2. The van der Waals surface area contributed by atoms with Crippen molar-refractivity contribution in [3.63, 3.8) is 0 Å². The van der Waals surface area contributed by atoms with Crippen LogP contribution < -0.4 is 5.32 Å². The molecule has 1 aromatic heterocycles. The lowest BCUT2D eigenvalue weighted by molar-refractivity contribution is 0.109. The van der Waals surface area contributed by atoms with Gasteiger partial charge in [-0.15, -0.1) is 10.2 Å². The minimum atomic E-state index is 0.234. The largest absolute Gasteiger partial charge is 0.425 e. The van der Waals surface area contributed by atoms with E-state index in [4.69, 9.17) is 9.15 Å². The molecule has 0 aromatic carbocycles. The van der Waals surface area contributed by atoms with Crippen molar-refractivity contribution in [2.24, 2.45) is 0 Å². The highest BCUT2D eigenvalue weighted by atomic mass is 16.5. The van der Waals surface area contributed by atoms with Gasteiger partial charge >= 0.3 is 0 Å². The molecule has 86 valence electrons. The standard InChI is InChI=1S/C10H19N3O2/c1-8(14-3)4-5-9-12-13-10(15-9)6-7-11-2/h8,11H,4-7H2,1-3H3. The number of likely N-dealkylation sites (N-methyl/N-ethyl adjacent to an activating group) is 1. The quantitative estimate of drug-likeness (QED) is 0.726. The Morgan fingerprint density at radius 2 is 2.00 bits per heavy atom. The minimum absolute atomic E-state index is 0.234. The molecule has 0 bridgehead atoms. The molecule has 15 heavy (non-hydrogen) atoms. The number of rotatable bonds is 7. The van der Waals surface area contributed by atoms with E-state index in [1.807, 2.05) is 14.0 Å². The third-order valence-electron chi connectivity index (χ3n) is 2.26. The van der Waals surface area contributed by atoms with Crippen molar-refractivity contribution in [3.05, 3.63) is 11.8 Å². The molecular formula is C10H19N3O2. The second-order valence-electron chi connectivity index (χ2n) is 3.53. The predicted octanol–water partition coefficient (Wildman–Crippen LogP) is 0.799. The molecule has 0 aliphatic rings. The number of aryl methyl sites for hydroxylation is 1. The van der Waals surface area contributed by atoms with Gasteiger partial charge in [0.05, 0.1) is 6.10 Å². The lowest BCUT2D eigenvalue weighted by Crippen LogP contribution is -2.10. The summed E-state index contributed by atoms with van der Waals surface area (Å²) in [5.74, 6) is 1.40. The van der Waals surface area contributed by atoms with Gasteiger partial charge < -0.3 is 14.5 Å². The first-order valence-electron chi connectivity index (χ1n) is 5.25. The first-order valence-corrected chi connectivity index (χ1v) is 5.25. The van der Waals surface area contributed by atoms with Crippen LogP contribution in [-0.4, -0.2) is 37.0 Å². The first-order chi connectivity index (χ1) is 7.26. The number of ether oxygens (including phenoxy) is 1. The minimum Gasteiger partial charge on any atom is -0.425 e. The average molecular weight is 213 g/mol. The Kier molecular flexibility index (Phi) is 5.28. The summed E-state index contributed by atoms with van der Waals surface area (Å²) in [6.45, 7) is 2.88. The normalized spacial score (nSPS) is 13.0. The zero-order valence-corrected chi connectivity index (χ0v) is 9.62. The smallest absolute Gasteiger partial charge is 0.217 e. The van der Waals surface area contributed by atoms with Crippen molar-refractivity contribution in [2.45, 2.75) is 32.3 Å². The summed E-state index contributed by atoms with van der Waals surface area (Å²) >= 11 is 0. The zero-order chi connectivity index (χ0) is 11.1. The second-order valence-corrected chi connectivity index (χ2v) is 3.53. The topological polar surface area (TPSA) is 60.2 Å². The third-order valence-corrected chi connectivity index (χ3v) is 2.26. The van der Waals surface area contributed by atoms with Crippen LogP contribution in [-0.2, 0) is 17.6 Å². The molecule has 1 N–H and O–H groups in total. The van der Waals surface area contributed by atoms with Gasteiger partial charge in [-0.3, -0.25) is 0 Å². The molecule has 0 aliphatic heterocycles. The fourth-order valence-corrected chi connectivity index (χ4v) is 1.17. The van der Waals surface area contributed by atoms with Crippen LogP contribution in [0.2, 0.25) is 0 Å². The van der Waals surface area contributed by atoms with E-state index in [1.165, 1.54) is 0 Å². The van der Waals surface area contributed by atoms with Crippen LogP contribution >= 0.6 is 0 Å². The van der Waals surface area contributed by atoms with Crippen molar-refractivity contribution in [1.29, 1.82) is 0 Å². The Bertz CT molecular complexity index is 275. The van der Waals surface area contributed by atoms with Gasteiger partial charge in [-0.25, -0.2) is 0 Å². The van der Waals surface area contributed by atoms with Crippen LogP contribution in [0, 0.1) is 0 Å². The Balaban J connectivity index is 2.32. The molecule has 0 aliphatic carbocycles. The summed E-state index contributed by atoms with van der Waals surface area (Å²) in [6.07, 6.45) is 2.70. The molecule has 1 atom stereocenters. The van der Waals surface area contributed by atoms with Crippen LogP contribution in [0.4, 0.5) is 0 Å². The van der Waals surface area contributed by atoms with Crippen LogP contribution in [0.25, 0.3) is 0 Å². The first kappa shape index (κ1) is 12.1. The second kappa shape index (κ2) is 6.53. The number of nitrogens with zero attached hydrogens (tertiary/aromatic N) is 2. The van der Waals surface area contributed by atoms with Crippen LogP contribution in [0.15, 0.2) is 4.42 Å². The fourth-order valence-electron chi connectivity index (χ4n) is 1.17. The summed E-state index contributed by atoms with van der Waals surface area (Å²) in [4.78, 5) is 0. The molecule has 1 aromatic rings. The molecule has 5 nitrogen and oxygen atoms in total. The van der Waals surface area contributed by atoms with Crippen molar-refractivity contribution in [3.8, 4) is 0 Å². The summed E-state index contributed by atoms with van der Waals surface area (Å²) in [5, 5.41) is 11.0. The van der Waals surface area contributed by atoms with Gasteiger partial charge in [0.25, 0.3) is 0 Å². The maximum atomic E-state index is 5.46. The zero-order valence-electron chi connectivity index (χ0n) is 9.62. The van der Waals surface area contributed by atoms with Gasteiger partial charge in [-0.2, -0.15) is 0 Å². The molecule has 1 unspecified atom stereocenters. The molecule has 0 saturated carbocycles. The van der Waals surface area contributed by atoms with E-state index in [9.17, 15) is 0 Å². The maximum absolute atomic E-state index is 5.46. The Morgan fingerprint density at radius 1 is 1.33 bits per heavy atom. The maximum Gasteiger partial charge on any atom is 0.217 e. The van der Waals surface area contributed by atoms with Crippen LogP contribution in [0.1, 0.15) is 25.1 Å². The van der Waals surface area contributed by atoms with E-state index in [-0.39, 0.29) is 6.10 Å². The van der Waals surface area contributed by atoms with Crippen molar-refractivity contribution in [2.75, 3.05) is 20.7 Å². The fraction of sp³-hybridized carbons (Fsp3) is 0.800. The summed E-state index contributed by atoms with van der Waals surface area (Å²) in [7, 11) is 3.61. The van der Waals surface area contributed by atoms with Gasteiger partial charge in [-0.05, 0) is 20.4 Å². The lowest BCUT2D eigenvalue weighted by Gasteiger charge is -2.05. The summed E-state index contributed by atoms with van der Waals surface area (Å²) in [5.41, 5.74) is 0.